The molecule has 1 aliphatic rings. The number of aromatic nitrogens is 2. The number of para-hydroxylation sites is 2. The fraction of sp³-hybridized carbons (Fsp3) is 0.421. The molecule has 1 N–H and O–H groups in total. The topological polar surface area (TPSA) is 82.5 Å². The van der Waals surface area contributed by atoms with Crippen LogP contribution in [0.5, 0.6) is 5.75 Å². The van der Waals surface area contributed by atoms with Gasteiger partial charge < -0.3 is 14.8 Å². The summed E-state index contributed by atoms with van der Waals surface area (Å²) in [5.41, 5.74) is 1.41. The summed E-state index contributed by atoms with van der Waals surface area (Å²) in [6, 6.07) is 7.31. The number of hydrogen-bond acceptors (Lipinski definition) is 7. The maximum absolute atomic E-state index is 12.8. The van der Waals surface area contributed by atoms with Crippen LogP contribution in [0.1, 0.15) is 12.6 Å². The lowest BCUT2D eigenvalue weighted by Gasteiger charge is -2.14. The van der Waals surface area contributed by atoms with Crippen molar-refractivity contribution < 1.29 is 14.3 Å². The van der Waals surface area contributed by atoms with Gasteiger partial charge in [0.05, 0.1) is 41.8 Å². The summed E-state index contributed by atoms with van der Waals surface area (Å²) in [5, 5.41) is 3.42. The minimum Gasteiger partial charge on any atom is -0.492 e. The number of thioether (sulfide) groups is 2. The minimum absolute atomic E-state index is 0.0471. The fourth-order valence-corrected chi connectivity index (χ4v) is 4.67. The third-order valence-corrected chi connectivity index (χ3v) is 6.14. The molecule has 2 heterocycles. The van der Waals surface area contributed by atoms with Crippen molar-refractivity contribution in [3.05, 3.63) is 40.3 Å². The molecule has 7 nitrogen and oxygen atoms in total. The Labute approximate surface area is 172 Å². The van der Waals surface area contributed by atoms with E-state index in [9.17, 15) is 9.59 Å². The molecule has 0 aliphatic carbocycles. The van der Waals surface area contributed by atoms with Gasteiger partial charge in [-0.3, -0.25) is 14.2 Å². The number of rotatable bonds is 9. The summed E-state index contributed by atoms with van der Waals surface area (Å²) in [7, 11) is 1.59. The van der Waals surface area contributed by atoms with E-state index in [1.165, 1.54) is 11.8 Å². The standard InChI is InChI=1S/C19H23N3O4S2/c1-3-26-15-7-5-4-6-13(15)20-16(23)12-28-19-21-14-8-11-27-17(14)18(24)22(19)9-10-25-2/h4-7H,3,8-12H2,1-2H3,(H,20,23). The van der Waals surface area contributed by atoms with Crippen molar-refractivity contribution >= 4 is 35.1 Å². The average molecular weight is 422 g/mol. The molecule has 0 bridgehead atoms. The highest BCUT2D eigenvalue weighted by molar-refractivity contribution is 8.00. The summed E-state index contributed by atoms with van der Waals surface area (Å²) in [6.45, 7) is 3.23. The van der Waals surface area contributed by atoms with Crippen LogP contribution in [-0.2, 0) is 22.5 Å². The van der Waals surface area contributed by atoms with Gasteiger partial charge >= 0.3 is 0 Å². The first-order valence-corrected chi connectivity index (χ1v) is 11.0. The first kappa shape index (κ1) is 20.8. The highest BCUT2D eigenvalue weighted by Crippen LogP contribution is 2.29. The minimum atomic E-state index is -0.181. The van der Waals surface area contributed by atoms with Gasteiger partial charge in [-0.15, -0.1) is 11.8 Å². The van der Waals surface area contributed by atoms with Crippen LogP contribution < -0.4 is 15.6 Å². The second-order valence-electron chi connectivity index (χ2n) is 5.98. The van der Waals surface area contributed by atoms with Crippen molar-refractivity contribution in [2.75, 3.05) is 37.1 Å². The number of carbonyl (C=O) groups is 1. The maximum atomic E-state index is 12.8. The predicted molar refractivity (Wildman–Crippen MR) is 112 cm³/mol. The van der Waals surface area contributed by atoms with Crippen molar-refractivity contribution in [3.8, 4) is 5.75 Å². The third-order valence-electron chi connectivity index (χ3n) is 4.06. The summed E-state index contributed by atoms with van der Waals surface area (Å²) in [5.74, 6) is 1.46. The molecule has 150 valence electrons. The Kier molecular flexibility index (Phi) is 7.41. The molecule has 0 atom stereocenters. The normalized spacial score (nSPS) is 12.6. The molecule has 2 aromatic rings. The quantitative estimate of drug-likeness (QED) is 0.492. The van der Waals surface area contributed by atoms with E-state index in [0.29, 0.717) is 36.4 Å². The number of benzene rings is 1. The van der Waals surface area contributed by atoms with Gasteiger partial charge in [-0.05, 0) is 19.1 Å². The van der Waals surface area contributed by atoms with Gasteiger partial charge in [-0.25, -0.2) is 4.98 Å². The van der Waals surface area contributed by atoms with Crippen molar-refractivity contribution in [1.82, 2.24) is 9.55 Å². The van der Waals surface area contributed by atoms with Crippen LogP contribution in [0.2, 0.25) is 0 Å². The van der Waals surface area contributed by atoms with Gasteiger partial charge in [0.2, 0.25) is 5.91 Å². The van der Waals surface area contributed by atoms with E-state index >= 15 is 0 Å². The van der Waals surface area contributed by atoms with Gasteiger partial charge in [0.1, 0.15) is 5.75 Å². The highest BCUT2D eigenvalue weighted by atomic mass is 32.2. The number of anilines is 1. The monoisotopic (exact) mass is 421 g/mol. The summed E-state index contributed by atoms with van der Waals surface area (Å²) in [6.07, 6.45) is 0.780. The Balaban J connectivity index is 1.72. The van der Waals surface area contributed by atoms with E-state index in [-0.39, 0.29) is 17.2 Å². The average Bonchev–Trinajstić information content (AvgIpc) is 3.16. The molecule has 28 heavy (non-hydrogen) atoms. The van der Waals surface area contributed by atoms with Gasteiger partial charge in [0, 0.05) is 19.3 Å². The van der Waals surface area contributed by atoms with E-state index in [4.69, 9.17) is 9.47 Å². The number of amides is 1. The highest BCUT2D eigenvalue weighted by Gasteiger charge is 2.22. The Bertz CT molecular complexity index is 901. The van der Waals surface area contributed by atoms with Crippen LogP contribution in [0, 0.1) is 0 Å². The van der Waals surface area contributed by atoms with Crippen LogP contribution in [-0.4, -0.2) is 47.3 Å². The van der Waals surface area contributed by atoms with Crippen LogP contribution in [0.4, 0.5) is 5.69 Å². The van der Waals surface area contributed by atoms with Crippen LogP contribution in [0.3, 0.4) is 0 Å². The first-order valence-electron chi connectivity index (χ1n) is 9.04. The Morgan fingerprint density at radius 3 is 3.00 bits per heavy atom. The number of carbonyl (C=O) groups excluding carboxylic acids is 1. The SMILES string of the molecule is CCOc1ccccc1NC(=O)CSc1nc2c(c(=O)n1CCOC)SCC2. The Morgan fingerprint density at radius 2 is 2.21 bits per heavy atom. The molecule has 1 aromatic carbocycles. The largest absolute Gasteiger partial charge is 0.492 e. The van der Waals surface area contributed by atoms with E-state index in [0.717, 1.165) is 22.8 Å². The number of fused-ring (bicyclic) bond motifs is 1. The third kappa shape index (κ3) is 4.89. The molecule has 1 amide bonds. The number of aryl methyl sites for hydroxylation is 1. The zero-order valence-electron chi connectivity index (χ0n) is 15.9. The van der Waals surface area contributed by atoms with E-state index < -0.39 is 0 Å². The maximum Gasteiger partial charge on any atom is 0.268 e. The van der Waals surface area contributed by atoms with Gasteiger partial charge in [0.15, 0.2) is 5.16 Å². The van der Waals surface area contributed by atoms with Crippen LogP contribution >= 0.6 is 23.5 Å². The second-order valence-corrected chi connectivity index (χ2v) is 8.03. The lowest BCUT2D eigenvalue weighted by Crippen LogP contribution is -2.27. The van der Waals surface area contributed by atoms with Gasteiger partial charge in [-0.1, -0.05) is 23.9 Å². The number of hydrogen-bond donors (Lipinski definition) is 1. The zero-order chi connectivity index (χ0) is 19.9. The van der Waals surface area contributed by atoms with E-state index in [1.54, 1.807) is 29.5 Å². The number of nitrogens with one attached hydrogen (secondary N) is 1. The second kappa shape index (κ2) is 9.99. The molecule has 0 saturated carbocycles. The molecule has 9 heteroatoms. The molecule has 0 unspecified atom stereocenters. The van der Waals surface area contributed by atoms with E-state index in [2.05, 4.69) is 10.3 Å². The van der Waals surface area contributed by atoms with Crippen LogP contribution in [0.15, 0.2) is 39.1 Å². The van der Waals surface area contributed by atoms with Crippen LogP contribution in [0.25, 0.3) is 0 Å². The molecule has 0 spiro atoms. The molecule has 0 radical (unpaired) electrons. The molecular formula is C19H23N3O4S2. The Morgan fingerprint density at radius 1 is 1.39 bits per heavy atom. The lowest BCUT2D eigenvalue weighted by atomic mass is 10.3. The van der Waals surface area contributed by atoms with E-state index in [1.807, 2.05) is 25.1 Å². The van der Waals surface area contributed by atoms with Crippen molar-refractivity contribution in [2.45, 2.75) is 29.9 Å². The molecule has 1 aliphatic heterocycles. The smallest absolute Gasteiger partial charge is 0.268 e. The predicted octanol–water partition coefficient (Wildman–Crippen LogP) is 2.67. The first-order chi connectivity index (χ1) is 13.6. The number of ether oxygens (including phenoxy) is 2. The molecule has 0 fully saturated rings. The van der Waals surface area contributed by atoms with Gasteiger partial charge in [0.25, 0.3) is 5.56 Å². The summed E-state index contributed by atoms with van der Waals surface area (Å²) in [4.78, 5) is 30.6. The lowest BCUT2D eigenvalue weighted by molar-refractivity contribution is -0.113. The fourth-order valence-electron chi connectivity index (χ4n) is 2.78. The molecule has 3 rings (SSSR count). The zero-order valence-corrected chi connectivity index (χ0v) is 17.5. The number of nitrogens with zero attached hydrogens (tertiary/aromatic N) is 2. The van der Waals surface area contributed by atoms with Crippen molar-refractivity contribution in [1.29, 1.82) is 0 Å². The molecular weight excluding hydrogens is 398 g/mol. The van der Waals surface area contributed by atoms with Crippen molar-refractivity contribution in [3.63, 3.8) is 0 Å². The number of methoxy groups -OCH3 is 1. The summed E-state index contributed by atoms with van der Waals surface area (Å²) >= 11 is 2.80. The van der Waals surface area contributed by atoms with Gasteiger partial charge in [-0.2, -0.15) is 0 Å². The Hall–Kier alpha value is -1.97. The van der Waals surface area contributed by atoms with Crippen molar-refractivity contribution in [2.24, 2.45) is 0 Å². The molecule has 1 aromatic heterocycles. The molecule has 0 saturated heterocycles. The summed E-state index contributed by atoms with van der Waals surface area (Å²) < 4.78 is 12.3.